The second-order valence-corrected chi connectivity index (χ2v) is 7.57. The molecule has 0 aliphatic carbocycles. The summed E-state index contributed by atoms with van der Waals surface area (Å²) in [6, 6.07) is 10.2. The van der Waals surface area contributed by atoms with E-state index >= 15 is 0 Å². The van der Waals surface area contributed by atoms with Gasteiger partial charge in [0.05, 0.1) is 26.7 Å². The monoisotopic (exact) mass is 433 g/mol. The van der Waals surface area contributed by atoms with E-state index in [0.717, 1.165) is 5.56 Å². The number of hydrogen-bond acceptors (Lipinski definition) is 6. The number of benzene rings is 1. The highest BCUT2D eigenvalue weighted by Gasteiger charge is 2.41. The number of aromatic nitrogens is 1. The molecule has 9 heteroatoms. The first-order valence-corrected chi connectivity index (χ1v) is 9.81. The zero-order valence-electron chi connectivity index (χ0n) is 16.9. The van der Waals surface area contributed by atoms with Gasteiger partial charge in [0.2, 0.25) is 11.8 Å². The molecule has 1 saturated heterocycles. The first-order valence-electron chi connectivity index (χ1n) is 9.43. The van der Waals surface area contributed by atoms with E-state index < -0.39 is 11.5 Å². The van der Waals surface area contributed by atoms with E-state index in [1.807, 2.05) is 6.92 Å². The Balaban J connectivity index is 1.78. The molecule has 2 aromatic rings. The molecule has 0 radical (unpaired) electrons. The van der Waals surface area contributed by atoms with Crippen LogP contribution in [0.2, 0.25) is 5.02 Å². The number of aryl methyl sites for hydroxylation is 1. The maximum Gasteiger partial charge on any atom is 0.272 e. The highest BCUT2D eigenvalue weighted by Crippen LogP contribution is 2.27. The molecular weight excluding hydrogens is 410 g/mol. The summed E-state index contributed by atoms with van der Waals surface area (Å²) in [6.45, 7) is 2.66. The number of morpholine rings is 1. The number of rotatable bonds is 7. The van der Waals surface area contributed by atoms with Gasteiger partial charge in [0.25, 0.3) is 5.91 Å². The van der Waals surface area contributed by atoms with Crippen LogP contribution in [0.1, 0.15) is 22.5 Å². The molecule has 2 heterocycles. The third-order valence-corrected chi connectivity index (χ3v) is 5.24. The van der Waals surface area contributed by atoms with Crippen LogP contribution in [0, 0.1) is 6.92 Å². The molecule has 0 saturated carbocycles. The lowest BCUT2D eigenvalue weighted by molar-refractivity contribution is -0.142. The van der Waals surface area contributed by atoms with E-state index in [-0.39, 0.29) is 37.8 Å². The summed E-state index contributed by atoms with van der Waals surface area (Å²) in [6.07, 6.45) is -0.0884. The maximum atomic E-state index is 13.0. The van der Waals surface area contributed by atoms with Gasteiger partial charge in [-0.1, -0.05) is 17.7 Å². The van der Waals surface area contributed by atoms with Crippen molar-refractivity contribution in [2.45, 2.75) is 18.9 Å². The van der Waals surface area contributed by atoms with Crippen LogP contribution in [0.4, 0.5) is 0 Å². The number of ether oxygens (including phenoxy) is 3. The zero-order chi connectivity index (χ0) is 21.7. The third-order valence-electron chi connectivity index (χ3n) is 4.82. The van der Waals surface area contributed by atoms with Gasteiger partial charge in [-0.25, -0.2) is 4.98 Å². The molecule has 1 atom stereocenters. The van der Waals surface area contributed by atoms with Crippen LogP contribution in [0.15, 0.2) is 36.4 Å². The molecule has 1 fully saturated rings. The second-order valence-electron chi connectivity index (χ2n) is 7.17. The Morgan fingerprint density at radius 1 is 1.33 bits per heavy atom. The Kier molecular flexibility index (Phi) is 6.79. The lowest BCUT2D eigenvalue weighted by atomic mass is 9.97. The normalized spacial score (nSPS) is 18.7. The largest absolute Gasteiger partial charge is 0.490 e. The number of nitrogens with zero attached hydrogens (tertiary/aromatic N) is 2. The summed E-state index contributed by atoms with van der Waals surface area (Å²) < 4.78 is 16.9. The van der Waals surface area contributed by atoms with Gasteiger partial charge < -0.3 is 24.8 Å². The molecule has 3 rings (SSSR count). The van der Waals surface area contributed by atoms with Crippen LogP contribution in [-0.4, -0.2) is 60.7 Å². The Morgan fingerprint density at radius 2 is 2.13 bits per heavy atom. The van der Waals surface area contributed by atoms with Crippen molar-refractivity contribution in [2.24, 2.45) is 5.73 Å². The fraction of sp³-hybridized carbons (Fsp3) is 0.381. The smallest absolute Gasteiger partial charge is 0.272 e. The maximum absolute atomic E-state index is 13.0. The van der Waals surface area contributed by atoms with E-state index in [1.54, 1.807) is 41.3 Å². The molecule has 0 spiro atoms. The first kappa shape index (κ1) is 21.9. The minimum Gasteiger partial charge on any atom is -0.490 e. The lowest BCUT2D eigenvalue weighted by Crippen LogP contribution is -2.58. The van der Waals surface area contributed by atoms with E-state index in [9.17, 15) is 9.59 Å². The van der Waals surface area contributed by atoms with Crippen molar-refractivity contribution in [1.82, 2.24) is 9.88 Å². The van der Waals surface area contributed by atoms with Crippen LogP contribution < -0.4 is 15.2 Å². The number of amides is 2. The van der Waals surface area contributed by atoms with Crippen LogP contribution in [0.25, 0.3) is 0 Å². The van der Waals surface area contributed by atoms with Crippen molar-refractivity contribution in [2.75, 3.05) is 33.4 Å². The minimum absolute atomic E-state index is 0.0479. The Bertz CT molecular complexity index is 939. The standard InChI is InChI=1S/C21H24ClN3O5/c1-14-10-15(6-7-16(14)22)29-13-21(11-18(23)26)12-25(8-9-30-21)20(27)17-4-3-5-19(24-17)28-2/h3-7,10H,8-9,11-13H2,1-2H3,(H2,23,26)/t21-/m1/s1. The second kappa shape index (κ2) is 9.32. The van der Waals surface area contributed by atoms with E-state index in [1.165, 1.54) is 7.11 Å². The molecular formula is C21H24ClN3O5. The number of nitrogens with two attached hydrogens (primary N) is 1. The van der Waals surface area contributed by atoms with Crippen LogP contribution >= 0.6 is 11.6 Å². The van der Waals surface area contributed by atoms with Gasteiger partial charge in [-0.15, -0.1) is 0 Å². The van der Waals surface area contributed by atoms with Gasteiger partial charge in [-0.05, 0) is 36.8 Å². The first-order chi connectivity index (χ1) is 14.3. The van der Waals surface area contributed by atoms with E-state index in [4.69, 9.17) is 31.5 Å². The number of carbonyl (C=O) groups excluding carboxylic acids is 2. The number of primary amides is 1. The highest BCUT2D eigenvalue weighted by molar-refractivity contribution is 6.31. The summed E-state index contributed by atoms with van der Waals surface area (Å²) in [7, 11) is 1.49. The molecule has 0 bridgehead atoms. The number of carbonyl (C=O) groups is 2. The average Bonchev–Trinajstić information content (AvgIpc) is 2.74. The number of pyridine rings is 1. The number of halogens is 1. The van der Waals surface area contributed by atoms with Crippen LogP contribution in [0.3, 0.4) is 0 Å². The van der Waals surface area contributed by atoms with Gasteiger partial charge >= 0.3 is 0 Å². The number of methoxy groups -OCH3 is 1. The molecule has 8 nitrogen and oxygen atoms in total. The Hall–Kier alpha value is -2.84. The third kappa shape index (κ3) is 5.20. The van der Waals surface area contributed by atoms with E-state index in [0.29, 0.717) is 23.2 Å². The summed E-state index contributed by atoms with van der Waals surface area (Å²) in [5.41, 5.74) is 5.52. The van der Waals surface area contributed by atoms with Crippen molar-refractivity contribution in [3.8, 4) is 11.6 Å². The zero-order valence-corrected chi connectivity index (χ0v) is 17.6. The van der Waals surface area contributed by atoms with Crippen molar-refractivity contribution >= 4 is 23.4 Å². The summed E-state index contributed by atoms with van der Waals surface area (Å²) in [4.78, 5) is 30.5. The van der Waals surface area contributed by atoms with Crippen molar-refractivity contribution < 1.29 is 23.8 Å². The molecule has 160 valence electrons. The molecule has 1 aromatic heterocycles. The van der Waals surface area contributed by atoms with Gasteiger partial charge in [-0.3, -0.25) is 9.59 Å². The highest BCUT2D eigenvalue weighted by atomic mass is 35.5. The predicted molar refractivity (Wildman–Crippen MR) is 111 cm³/mol. The van der Waals surface area contributed by atoms with Crippen molar-refractivity contribution in [1.29, 1.82) is 0 Å². The van der Waals surface area contributed by atoms with Crippen LogP contribution in [-0.2, 0) is 9.53 Å². The van der Waals surface area contributed by atoms with Gasteiger partial charge in [0, 0.05) is 17.6 Å². The Labute approximate surface area is 179 Å². The predicted octanol–water partition coefficient (Wildman–Crippen LogP) is 2.22. The van der Waals surface area contributed by atoms with E-state index in [2.05, 4.69) is 4.98 Å². The topological polar surface area (TPSA) is 104 Å². The average molecular weight is 434 g/mol. The molecule has 1 aromatic carbocycles. The molecule has 1 aliphatic heterocycles. The fourth-order valence-electron chi connectivity index (χ4n) is 3.31. The molecule has 0 unspecified atom stereocenters. The summed E-state index contributed by atoms with van der Waals surface area (Å²) in [5.74, 6) is 0.106. The quantitative estimate of drug-likeness (QED) is 0.718. The SMILES string of the molecule is COc1cccc(C(=O)N2CCO[C@](COc3ccc(Cl)c(C)c3)(CC(N)=O)C2)n1. The van der Waals surface area contributed by atoms with Gasteiger partial charge in [0.1, 0.15) is 23.7 Å². The lowest BCUT2D eigenvalue weighted by Gasteiger charge is -2.41. The Morgan fingerprint density at radius 3 is 2.83 bits per heavy atom. The van der Waals surface area contributed by atoms with Gasteiger partial charge in [0.15, 0.2) is 0 Å². The van der Waals surface area contributed by atoms with Crippen molar-refractivity contribution in [3.63, 3.8) is 0 Å². The molecule has 1 aliphatic rings. The summed E-state index contributed by atoms with van der Waals surface area (Å²) in [5, 5.41) is 0.630. The molecule has 30 heavy (non-hydrogen) atoms. The summed E-state index contributed by atoms with van der Waals surface area (Å²) >= 11 is 6.06. The van der Waals surface area contributed by atoms with Crippen LogP contribution in [0.5, 0.6) is 11.6 Å². The van der Waals surface area contributed by atoms with Gasteiger partial charge in [-0.2, -0.15) is 0 Å². The fourth-order valence-corrected chi connectivity index (χ4v) is 3.43. The minimum atomic E-state index is -1.06. The molecule has 2 N–H and O–H groups in total. The molecule has 2 amide bonds. The van der Waals surface area contributed by atoms with Crippen molar-refractivity contribution in [3.05, 3.63) is 52.7 Å². The number of hydrogen-bond donors (Lipinski definition) is 1.